The van der Waals surface area contributed by atoms with E-state index in [1.807, 2.05) is 19.1 Å². The van der Waals surface area contributed by atoms with Crippen LogP contribution in [0.4, 0.5) is 0 Å². The van der Waals surface area contributed by atoms with Crippen LogP contribution < -0.4 is 10.5 Å². The summed E-state index contributed by atoms with van der Waals surface area (Å²) in [5.74, 6) is 0. The van der Waals surface area contributed by atoms with Gasteiger partial charge in [-0.25, -0.2) is 13.1 Å². The van der Waals surface area contributed by atoms with E-state index in [0.717, 1.165) is 23.4 Å². The molecule has 0 spiro atoms. The normalized spacial score (nSPS) is 11.8. The zero-order chi connectivity index (χ0) is 15.5. The lowest BCUT2D eigenvalue weighted by Gasteiger charge is -2.08. The molecule has 0 aromatic carbocycles. The van der Waals surface area contributed by atoms with E-state index >= 15 is 0 Å². The monoisotopic (exact) mass is 308 g/mol. The van der Waals surface area contributed by atoms with Gasteiger partial charge in [0.25, 0.3) is 0 Å². The van der Waals surface area contributed by atoms with Crippen LogP contribution in [0, 0.1) is 0 Å². The number of sulfonamides is 1. The molecular formula is C14H20N4O2S. The van der Waals surface area contributed by atoms with E-state index in [-0.39, 0.29) is 11.4 Å². The quantitative estimate of drug-likeness (QED) is 0.830. The summed E-state index contributed by atoms with van der Waals surface area (Å²) in [4.78, 5) is 4.45. The van der Waals surface area contributed by atoms with Gasteiger partial charge in [0.15, 0.2) is 0 Å². The molecule has 2 rings (SSSR count). The van der Waals surface area contributed by atoms with Crippen molar-refractivity contribution in [3.63, 3.8) is 0 Å². The standard InChI is InChI=1S/C14H20N4O2S/c1-3-11-5-4-6-16-14(11)9-17-21(19,20)13-7-12(8-15)18(2)10-13/h4-7,10,17H,3,8-9,15H2,1-2H3. The smallest absolute Gasteiger partial charge is 0.242 e. The minimum absolute atomic E-state index is 0.180. The summed E-state index contributed by atoms with van der Waals surface area (Å²) in [6.07, 6.45) is 4.04. The Hall–Kier alpha value is -1.70. The third kappa shape index (κ3) is 3.49. The first kappa shape index (κ1) is 15.7. The first-order valence-electron chi connectivity index (χ1n) is 6.75. The van der Waals surface area contributed by atoms with Gasteiger partial charge >= 0.3 is 0 Å². The number of nitrogens with one attached hydrogen (secondary N) is 1. The summed E-state index contributed by atoms with van der Waals surface area (Å²) in [6.45, 7) is 2.49. The molecule has 0 unspecified atom stereocenters. The van der Waals surface area contributed by atoms with Gasteiger partial charge in [0.1, 0.15) is 0 Å². The zero-order valence-corrected chi connectivity index (χ0v) is 13.0. The van der Waals surface area contributed by atoms with Gasteiger partial charge in [-0.1, -0.05) is 13.0 Å². The Labute approximate surface area is 125 Å². The summed E-state index contributed by atoms with van der Waals surface area (Å²) in [6, 6.07) is 5.38. The zero-order valence-electron chi connectivity index (χ0n) is 12.2. The maximum atomic E-state index is 12.3. The van der Waals surface area contributed by atoms with Gasteiger partial charge in [0.2, 0.25) is 10.0 Å². The number of pyridine rings is 1. The fourth-order valence-electron chi connectivity index (χ4n) is 2.13. The minimum atomic E-state index is -3.56. The highest BCUT2D eigenvalue weighted by molar-refractivity contribution is 7.89. The van der Waals surface area contributed by atoms with Crippen LogP contribution in [0.5, 0.6) is 0 Å². The average molecular weight is 308 g/mol. The molecule has 0 saturated heterocycles. The highest BCUT2D eigenvalue weighted by Crippen LogP contribution is 2.14. The SMILES string of the molecule is CCc1cccnc1CNS(=O)(=O)c1cc(CN)n(C)c1. The average Bonchev–Trinajstić information content (AvgIpc) is 2.87. The molecule has 0 amide bonds. The second kappa shape index (κ2) is 6.38. The van der Waals surface area contributed by atoms with E-state index in [4.69, 9.17) is 5.73 Å². The molecule has 0 fully saturated rings. The second-order valence-electron chi connectivity index (χ2n) is 4.77. The molecule has 2 heterocycles. The molecule has 0 saturated carbocycles. The Morgan fingerprint density at radius 3 is 2.81 bits per heavy atom. The van der Waals surface area contributed by atoms with Crippen molar-refractivity contribution in [2.75, 3.05) is 0 Å². The molecule has 0 atom stereocenters. The highest BCUT2D eigenvalue weighted by Gasteiger charge is 2.17. The third-order valence-electron chi connectivity index (χ3n) is 3.40. The maximum Gasteiger partial charge on any atom is 0.242 e. The fraction of sp³-hybridized carbons (Fsp3) is 0.357. The van der Waals surface area contributed by atoms with Crippen molar-refractivity contribution in [1.82, 2.24) is 14.3 Å². The van der Waals surface area contributed by atoms with Crippen LogP contribution in [-0.2, 0) is 36.6 Å². The van der Waals surface area contributed by atoms with Gasteiger partial charge in [-0.2, -0.15) is 0 Å². The summed E-state index contributed by atoms with van der Waals surface area (Å²) in [5.41, 5.74) is 8.12. The van der Waals surface area contributed by atoms with Crippen molar-refractivity contribution in [2.45, 2.75) is 31.3 Å². The van der Waals surface area contributed by atoms with Gasteiger partial charge < -0.3 is 10.3 Å². The van der Waals surface area contributed by atoms with Crippen molar-refractivity contribution in [3.05, 3.63) is 47.5 Å². The van der Waals surface area contributed by atoms with E-state index in [1.165, 1.54) is 0 Å². The molecule has 0 aliphatic carbocycles. The number of aryl methyl sites for hydroxylation is 2. The molecule has 0 aliphatic rings. The number of aromatic nitrogens is 2. The lowest BCUT2D eigenvalue weighted by molar-refractivity contribution is 0.580. The van der Waals surface area contributed by atoms with Gasteiger partial charge in [0, 0.05) is 31.7 Å². The van der Waals surface area contributed by atoms with Gasteiger partial charge in [-0.05, 0) is 24.1 Å². The Balaban J connectivity index is 2.17. The van der Waals surface area contributed by atoms with Gasteiger partial charge in [-0.15, -0.1) is 0 Å². The molecular weight excluding hydrogens is 288 g/mol. The van der Waals surface area contributed by atoms with E-state index in [9.17, 15) is 8.42 Å². The van der Waals surface area contributed by atoms with Crippen LogP contribution in [-0.4, -0.2) is 18.0 Å². The first-order valence-corrected chi connectivity index (χ1v) is 8.24. The largest absolute Gasteiger partial charge is 0.352 e. The van der Waals surface area contributed by atoms with Crippen LogP contribution in [0.3, 0.4) is 0 Å². The van der Waals surface area contributed by atoms with Crippen LogP contribution in [0.25, 0.3) is 0 Å². The molecule has 0 aliphatic heterocycles. The molecule has 21 heavy (non-hydrogen) atoms. The van der Waals surface area contributed by atoms with Gasteiger partial charge in [0.05, 0.1) is 17.1 Å². The summed E-state index contributed by atoms with van der Waals surface area (Å²) >= 11 is 0. The van der Waals surface area contributed by atoms with Crippen molar-refractivity contribution < 1.29 is 8.42 Å². The molecule has 6 nitrogen and oxygen atoms in total. The Morgan fingerprint density at radius 1 is 1.43 bits per heavy atom. The van der Waals surface area contributed by atoms with Crippen LogP contribution in [0.1, 0.15) is 23.9 Å². The lowest BCUT2D eigenvalue weighted by Crippen LogP contribution is -2.24. The summed E-state index contributed by atoms with van der Waals surface area (Å²) < 4.78 is 28.9. The van der Waals surface area contributed by atoms with Crippen LogP contribution in [0.2, 0.25) is 0 Å². The predicted molar refractivity (Wildman–Crippen MR) is 80.9 cm³/mol. The number of rotatable bonds is 6. The number of nitrogens with zero attached hydrogens (tertiary/aromatic N) is 2. The predicted octanol–water partition coefficient (Wildman–Crippen LogP) is 0.920. The maximum absolute atomic E-state index is 12.3. The molecule has 114 valence electrons. The highest BCUT2D eigenvalue weighted by atomic mass is 32.2. The Kier molecular flexibility index (Phi) is 4.76. The van der Waals surface area contributed by atoms with E-state index in [0.29, 0.717) is 6.54 Å². The second-order valence-corrected chi connectivity index (χ2v) is 6.54. The summed E-state index contributed by atoms with van der Waals surface area (Å²) in [5, 5.41) is 0. The van der Waals surface area contributed by atoms with Crippen molar-refractivity contribution in [1.29, 1.82) is 0 Å². The first-order chi connectivity index (χ1) is 9.97. The Bertz CT molecular complexity index is 722. The number of hydrogen-bond acceptors (Lipinski definition) is 4. The Morgan fingerprint density at radius 2 is 2.19 bits per heavy atom. The van der Waals surface area contributed by atoms with Gasteiger partial charge in [-0.3, -0.25) is 4.98 Å². The van der Waals surface area contributed by atoms with Crippen molar-refractivity contribution in [2.24, 2.45) is 12.8 Å². The van der Waals surface area contributed by atoms with Crippen molar-refractivity contribution in [3.8, 4) is 0 Å². The van der Waals surface area contributed by atoms with Crippen LogP contribution in [0.15, 0.2) is 35.5 Å². The molecule has 0 bridgehead atoms. The molecule has 2 aromatic rings. The van der Waals surface area contributed by atoms with Crippen molar-refractivity contribution >= 4 is 10.0 Å². The lowest BCUT2D eigenvalue weighted by atomic mass is 10.1. The molecule has 0 radical (unpaired) electrons. The summed E-state index contributed by atoms with van der Waals surface area (Å²) in [7, 11) is -1.79. The topological polar surface area (TPSA) is 90.0 Å². The molecule has 2 aromatic heterocycles. The fourth-order valence-corrected chi connectivity index (χ4v) is 3.21. The number of hydrogen-bond donors (Lipinski definition) is 2. The molecule has 3 N–H and O–H groups in total. The van der Waals surface area contributed by atoms with E-state index < -0.39 is 10.0 Å². The van der Waals surface area contributed by atoms with E-state index in [2.05, 4.69) is 9.71 Å². The number of nitrogens with two attached hydrogens (primary N) is 1. The third-order valence-corrected chi connectivity index (χ3v) is 4.77. The molecule has 7 heteroatoms. The van der Waals surface area contributed by atoms with Crippen LogP contribution >= 0.6 is 0 Å². The minimum Gasteiger partial charge on any atom is -0.352 e. The van der Waals surface area contributed by atoms with E-state index in [1.54, 1.807) is 30.1 Å².